The lowest BCUT2D eigenvalue weighted by Gasteiger charge is -2.21. The van der Waals surface area contributed by atoms with E-state index in [2.05, 4.69) is 10.6 Å². The summed E-state index contributed by atoms with van der Waals surface area (Å²) < 4.78 is 5.95. The van der Waals surface area contributed by atoms with Gasteiger partial charge in [-0.25, -0.2) is 0 Å². The van der Waals surface area contributed by atoms with Crippen molar-refractivity contribution in [3.63, 3.8) is 0 Å². The number of nitrogens with one attached hydrogen (secondary N) is 2. The highest BCUT2D eigenvalue weighted by molar-refractivity contribution is 6.07. The lowest BCUT2D eigenvalue weighted by Crippen LogP contribution is -2.42. The predicted molar refractivity (Wildman–Crippen MR) is 95.2 cm³/mol. The Labute approximate surface area is 147 Å². The van der Waals surface area contributed by atoms with Crippen LogP contribution in [0.3, 0.4) is 0 Å². The van der Waals surface area contributed by atoms with Gasteiger partial charge in [-0.2, -0.15) is 0 Å². The van der Waals surface area contributed by atoms with Crippen molar-refractivity contribution in [3.8, 4) is 11.5 Å². The molecule has 0 radical (unpaired) electrons. The summed E-state index contributed by atoms with van der Waals surface area (Å²) in [4.78, 5) is 24.5. The Morgan fingerprint density at radius 3 is 2.28 bits per heavy atom. The fourth-order valence-corrected chi connectivity index (χ4v) is 2.88. The van der Waals surface area contributed by atoms with Crippen LogP contribution < -0.4 is 15.4 Å². The van der Waals surface area contributed by atoms with Crippen LogP contribution in [0.2, 0.25) is 0 Å². The maximum atomic E-state index is 12.6. The van der Waals surface area contributed by atoms with Crippen molar-refractivity contribution >= 4 is 11.8 Å². The second kappa shape index (κ2) is 6.97. The zero-order chi connectivity index (χ0) is 17.9. The molecule has 1 aliphatic carbocycles. The van der Waals surface area contributed by atoms with Gasteiger partial charge in [-0.3, -0.25) is 9.59 Å². The highest BCUT2D eigenvalue weighted by Gasteiger charge is 2.56. The topological polar surface area (TPSA) is 67.4 Å². The monoisotopic (exact) mass is 338 g/mol. The average Bonchev–Trinajstić information content (AvgIpc) is 3.44. The van der Waals surface area contributed by atoms with Crippen molar-refractivity contribution < 1.29 is 14.3 Å². The fraction of sp³-hybridized carbons (Fsp3) is 0.300. The normalized spacial score (nSPS) is 15.8. The fourth-order valence-electron chi connectivity index (χ4n) is 2.88. The standard InChI is InChI=1S/C20H22N2O3/c1-14(22-19(24)20(12-13-20)18(23)21-2)16-10-6-7-11-17(16)25-15-8-4-3-5-9-15/h3-11,14H,12-13H2,1-2H3,(H,21,23)(H,22,24)/t14-/m0/s1. The summed E-state index contributed by atoms with van der Waals surface area (Å²) in [7, 11) is 1.56. The molecule has 3 rings (SSSR count). The summed E-state index contributed by atoms with van der Waals surface area (Å²) in [5, 5.41) is 5.54. The summed E-state index contributed by atoms with van der Waals surface area (Å²) in [5.74, 6) is 0.976. The molecule has 2 aromatic rings. The molecule has 0 aromatic heterocycles. The number of benzene rings is 2. The first-order valence-corrected chi connectivity index (χ1v) is 8.42. The SMILES string of the molecule is CNC(=O)C1(C(=O)N[C@@H](C)c2ccccc2Oc2ccccc2)CC1. The van der Waals surface area contributed by atoms with Gasteiger partial charge in [0.25, 0.3) is 0 Å². The summed E-state index contributed by atoms with van der Waals surface area (Å²) in [6.07, 6.45) is 1.18. The Morgan fingerprint density at radius 2 is 1.64 bits per heavy atom. The van der Waals surface area contributed by atoms with Crippen LogP contribution in [-0.4, -0.2) is 18.9 Å². The third-order valence-corrected chi connectivity index (χ3v) is 4.55. The highest BCUT2D eigenvalue weighted by atomic mass is 16.5. The summed E-state index contributed by atoms with van der Waals surface area (Å²) in [5.41, 5.74) is -0.0366. The van der Waals surface area contributed by atoms with E-state index in [9.17, 15) is 9.59 Å². The Kier molecular flexibility index (Phi) is 4.74. The third kappa shape index (κ3) is 3.50. The van der Waals surface area contributed by atoms with Crippen LogP contribution in [0, 0.1) is 5.41 Å². The van der Waals surface area contributed by atoms with Gasteiger partial charge in [0, 0.05) is 12.6 Å². The molecule has 0 unspecified atom stereocenters. The maximum Gasteiger partial charge on any atom is 0.236 e. The summed E-state index contributed by atoms with van der Waals surface area (Å²) >= 11 is 0. The highest BCUT2D eigenvalue weighted by Crippen LogP contribution is 2.46. The first kappa shape index (κ1) is 17.0. The zero-order valence-electron chi connectivity index (χ0n) is 14.4. The molecule has 1 aliphatic rings. The van der Waals surface area contributed by atoms with E-state index in [0.717, 1.165) is 11.3 Å². The number of hydrogen-bond donors (Lipinski definition) is 2. The van der Waals surface area contributed by atoms with Crippen LogP contribution in [0.4, 0.5) is 0 Å². The minimum Gasteiger partial charge on any atom is -0.457 e. The van der Waals surface area contributed by atoms with E-state index in [1.54, 1.807) is 7.05 Å². The number of carbonyl (C=O) groups is 2. The molecule has 1 atom stereocenters. The van der Waals surface area contributed by atoms with E-state index < -0.39 is 5.41 Å². The van der Waals surface area contributed by atoms with Gasteiger partial charge in [0.2, 0.25) is 11.8 Å². The van der Waals surface area contributed by atoms with Crippen LogP contribution in [0.5, 0.6) is 11.5 Å². The van der Waals surface area contributed by atoms with Gasteiger partial charge < -0.3 is 15.4 Å². The molecule has 0 heterocycles. The number of hydrogen-bond acceptors (Lipinski definition) is 3. The van der Waals surface area contributed by atoms with Crippen LogP contribution in [0.1, 0.15) is 31.4 Å². The lowest BCUT2D eigenvalue weighted by molar-refractivity contribution is -0.137. The van der Waals surface area contributed by atoms with Crippen molar-refractivity contribution in [3.05, 3.63) is 60.2 Å². The molecule has 130 valence electrons. The number of amides is 2. The van der Waals surface area contributed by atoms with Crippen LogP contribution in [0.25, 0.3) is 0 Å². The van der Waals surface area contributed by atoms with E-state index in [-0.39, 0.29) is 17.9 Å². The van der Waals surface area contributed by atoms with Gasteiger partial charge in [-0.15, -0.1) is 0 Å². The second-order valence-corrected chi connectivity index (χ2v) is 6.31. The molecule has 0 saturated heterocycles. The quantitative estimate of drug-likeness (QED) is 0.795. The molecule has 5 heteroatoms. The van der Waals surface area contributed by atoms with Crippen LogP contribution in [-0.2, 0) is 9.59 Å². The lowest BCUT2D eigenvalue weighted by atomic mass is 10.0. The molecule has 0 bridgehead atoms. The first-order valence-electron chi connectivity index (χ1n) is 8.42. The minimum atomic E-state index is -0.905. The number of carbonyl (C=O) groups excluding carboxylic acids is 2. The smallest absolute Gasteiger partial charge is 0.236 e. The summed E-state index contributed by atoms with van der Waals surface area (Å²) in [6, 6.07) is 16.8. The van der Waals surface area contributed by atoms with Crippen molar-refractivity contribution in [2.24, 2.45) is 5.41 Å². The first-order chi connectivity index (χ1) is 12.1. The molecule has 2 amide bonds. The molecule has 1 saturated carbocycles. The predicted octanol–water partition coefficient (Wildman–Crippen LogP) is 3.18. The van der Waals surface area contributed by atoms with Crippen LogP contribution >= 0.6 is 0 Å². The molecule has 25 heavy (non-hydrogen) atoms. The van der Waals surface area contributed by atoms with Gasteiger partial charge in [0.1, 0.15) is 16.9 Å². The molecule has 2 aromatic carbocycles. The largest absolute Gasteiger partial charge is 0.457 e. The molecular weight excluding hydrogens is 316 g/mol. The van der Waals surface area contributed by atoms with Gasteiger partial charge >= 0.3 is 0 Å². The molecule has 5 nitrogen and oxygen atoms in total. The minimum absolute atomic E-state index is 0.217. The number of ether oxygens (including phenoxy) is 1. The Bertz CT molecular complexity index is 770. The maximum absolute atomic E-state index is 12.6. The molecule has 1 fully saturated rings. The zero-order valence-corrected chi connectivity index (χ0v) is 14.4. The van der Waals surface area contributed by atoms with E-state index >= 15 is 0 Å². The Morgan fingerprint density at radius 1 is 1.00 bits per heavy atom. The van der Waals surface area contributed by atoms with E-state index in [1.807, 2.05) is 61.5 Å². The molecule has 0 aliphatic heterocycles. The Hall–Kier alpha value is -2.82. The van der Waals surface area contributed by atoms with Gasteiger partial charge in [0.15, 0.2) is 0 Å². The van der Waals surface area contributed by atoms with E-state index in [4.69, 9.17) is 4.74 Å². The van der Waals surface area contributed by atoms with Gasteiger partial charge in [-0.1, -0.05) is 36.4 Å². The van der Waals surface area contributed by atoms with Crippen molar-refractivity contribution in [2.45, 2.75) is 25.8 Å². The van der Waals surface area contributed by atoms with E-state index in [1.165, 1.54) is 0 Å². The van der Waals surface area contributed by atoms with Crippen LogP contribution in [0.15, 0.2) is 54.6 Å². The number of para-hydroxylation sites is 2. The average molecular weight is 338 g/mol. The van der Waals surface area contributed by atoms with Crippen molar-refractivity contribution in [1.82, 2.24) is 10.6 Å². The van der Waals surface area contributed by atoms with Gasteiger partial charge in [-0.05, 0) is 38.0 Å². The molecule has 0 spiro atoms. The second-order valence-electron chi connectivity index (χ2n) is 6.31. The Balaban J connectivity index is 1.75. The van der Waals surface area contributed by atoms with Crippen molar-refractivity contribution in [1.29, 1.82) is 0 Å². The number of rotatable bonds is 6. The molecule has 2 N–H and O–H groups in total. The van der Waals surface area contributed by atoms with Gasteiger partial charge in [0.05, 0.1) is 6.04 Å². The molecular formula is C20H22N2O3. The van der Waals surface area contributed by atoms with E-state index in [0.29, 0.717) is 18.6 Å². The van der Waals surface area contributed by atoms with Crippen molar-refractivity contribution in [2.75, 3.05) is 7.05 Å². The summed E-state index contributed by atoms with van der Waals surface area (Å²) in [6.45, 7) is 1.89. The third-order valence-electron chi connectivity index (χ3n) is 4.55.